The number of hydrogen-bond acceptors (Lipinski definition) is 5. The van der Waals surface area contributed by atoms with E-state index in [1.54, 1.807) is 0 Å². The van der Waals surface area contributed by atoms with E-state index in [9.17, 15) is 15.2 Å². The molecular formula is C13H11N3O3S. The lowest BCUT2D eigenvalue weighted by molar-refractivity contribution is -0.384. The van der Waals surface area contributed by atoms with E-state index in [2.05, 4.69) is 5.32 Å². The fourth-order valence-corrected chi connectivity index (χ4v) is 1.91. The number of allylic oxidation sites excluding steroid dienone is 1. The number of aliphatic hydroxyl groups excluding tert-OH is 1. The summed E-state index contributed by atoms with van der Waals surface area (Å²) in [5, 5.41) is 32.2. The van der Waals surface area contributed by atoms with Gasteiger partial charge in [0.1, 0.15) is 22.4 Å². The lowest BCUT2D eigenvalue weighted by Gasteiger charge is -2.08. The molecule has 0 spiro atoms. The molecule has 1 aromatic rings. The molecule has 0 bridgehead atoms. The van der Waals surface area contributed by atoms with Crippen molar-refractivity contribution in [3.05, 3.63) is 45.7 Å². The number of non-ortho nitro benzene ring substituents is 1. The summed E-state index contributed by atoms with van der Waals surface area (Å²) in [5.74, 6) is 0.0492. The molecule has 20 heavy (non-hydrogen) atoms. The third-order valence-corrected chi connectivity index (χ3v) is 3.20. The van der Waals surface area contributed by atoms with Crippen LogP contribution in [-0.4, -0.2) is 15.0 Å². The number of hydrogen-bond donors (Lipinski definition) is 2. The first-order valence-corrected chi connectivity index (χ1v) is 6.32. The summed E-state index contributed by atoms with van der Waals surface area (Å²) in [4.78, 5) is 10.2. The fourth-order valence-electron chi connectivity index (χ4n) is 1.65. The maximum absolute atomic E-state index is 10.5. The van der Waals surface area contributed by atoms with Gasteiger partial charge in [-0.05, 0) is 25.0 Å². The van der Waals surface area contributed by atoms with Crippen molar-refractivity contribution < 1.29 is 10.0 Å². The lowest BCUT2D eigenvalue weighted by atomic mass is 10.2. The van der Waals surface area contributed by atoms with Crippen LogP contribution in [0, 0.1) is 27.4 Å². The highest BCUT2D eigenvalue weighted by Crippen LogP contribution is 2.36. The molecule has 0 saturated heterocycles. The second-order valence-corrected chi connectivity index (χ2v) is 4.81. The Labute approximate surface area is 120 Å². The average Bonchev–Trinajstić information content (AvgIpc) is 3.24. The molecule has 0 aromatic heterocycles. The SMILES string of the molecule is N#C/C(C(=S)Nc1ccc([N+](=O)[O-])cc1)=C(\O)C1CC1. The number of rotatable bonds is 4. The van der Waals surface area contributed by atoms with E-state index in [0.29, 0.717) is 5.69 Å². The van der Waals surface area contributed by atoms with Gasteiger partial charge in [0.2, 0.25) is 0 Å². The minimum atomic E-state index is -0.498. The zero-order chi connectivity index (χ0) is 14.7. The maximum Gasteiger partial charge on any atom is 0.269 e. The third kappa shape index (κ3) is 3.10. The molecule has 0 radical (unpaired) electrons. The van der Waals surface area contributed by atoms with Crippen molar-refractivity contribution in [2.75, 3.05) is 5.32 Å². The Morgan fingerprint density at radius 3 is 2.50 bits per heavy atom. The van der Waals surface area contributed by atoms with Crippen molar-refractivity contribution in [1.29, 1.82) is 5.26 Å². The molecule has 2 rings (SSSR count). The Morgan fingerprint density at radius 1 is 1.45 bits per heavy atom. The number of thiocarbonyl (C=S) groups is 1. The van der Waals surface area contributed by atoms with Crippen LogP contribution in [0.15, 0.2) is 35.6 Å². The molecule has 1 saturated carbocycles. The zero-order valence-corrected chi connectivity index (χ0v) is 11.2. The number of nitro benzene ring substituents is 1. The summed E-state index contributed by atoms with van der Waals surface area (Å²) < 4.78 is 0. The number of benzene rings is 1. The van der Waals surface area contributed by atoms with Gasteiger partial charge in [-0.2, -0.15) is 5.26 Å². The summed E-state index contributed by atoms with van der Waals surface area (Å²) in [6.45, 7) is 0. The highest BCUT2D eigenvalue weighted by Gasteiger charge is 2.29. The predicted molar refractivity (Wildman–Crippen MR) is 77.3 cm³/mol. The quantitative estimate of drug-likeness (QED) is 0.221. The molecule has 1 aliphatic carbocycles. The number of nitrogens with one attached hydrogen (secondary N) is 1. The van der Waals surface area contributed by atoms with Gasteiger partial charge in [0.15, 0.2) is 0 Å². The topological polar surface area (TPSA) is 99.2 Å². The van der Waals surface area contributed by atoms with Crippen molar-refractivity contribution in [3.63, 3.8) is 0 Å². The Bertz CT molecular complexity index is 627. The van der Waals surface area contributed by atoms with Gasteiger partial charge in [-0.25, -0.2) is 0 Å². The maximum atomic E-state index is 10.5. The Kier molecular flexibility index (Phi) is 3.96. The van der Waals surface area contributed by atoms with Crippen LogP contribution in [0.25, 0.3) is 0 Å². The second-order valence-electron chi connectivity index (χ2n) is 4.40. The van der Waals surface area contributed by atoms with E-state index < -0.39 is 4.92 Å². The number of nitriles is 1. The minimum absolute atomic E-state index is 0.0203. The van der Waals surface area contributed by atoms with Crippen LogP contribution in [0.3, 0.4) is 0 Å². The summed E-state index contributed by atoms with van der Waals surface area (Å²) in [6, 6.07) is 7.55. The van der Waals surface area contributed by atoms with Crippen molar-refractivity contribution >= 4 is 28.6 Å². The van der Waals surface area contributed by atoms with Gasteiger partial charge in [-0.3, -0.25) is 10.1 Å². The normalized spacial score (nSPS) is 14.9. The highest BCUT2D eigenvalue weighted by molar-refractivity contribution is 7.81. The standard InChI is InChI=1S/C13H11N3O3S/c14-7-11(12(17)8-1-2-8)13(20)15-9-3-5-10(6-4-9)16(18)19/h3-6,8,17H,1-2H2,(H,15,20)/b12-11+. The van der Waals surface area contributed by atoms with Crippen LogP contribution in [0.4, 0.5) is 11.4 Å². The Hall–Kier alpha value is -2.46. The van der Waals surface area contributed by atoms with Crippen LogP contribution in [0.5, 0.6) is 0 Å². The van der Waals surface area contributed by atoms with Crippen molar-refractivity contribution in [2.45, 2.75) is 12.8 Å². The number of nitro groups is 1. The van der Waals surface area contributed by atoms with Crippen LogP contribution >= 0.6 is 12.2 Å². The van der Waals surface area contributed by atoms with Crippen molar-refractivity contribution in [3.8, 4) is 6.07 Å². The van der Waals surface area contributed by atoms with Crippen molar-refractivity contribution in [2.24, 2.45) is 5.92 Å². The number of aliphatic hydroxyl groups is 1. The summed E-state index contributed by atoms with van der Waals surface area (Å²) in [6.07, 6.45) is 1.72. The van der Waals surface area contributed by atoms with E-state index in [1.165, 1.54) is 24.3 Å². The van der Waals surface area contributed by atoms with Gasteiger partial charge in [0.05, 0.1) is 4.92 Å². The van der Waals surface area contributed by atoms with Gasteiger partial charge in [-0.1, -0.05) is 12.2 Å². The van der Waals surface area contributed by atoms with Crippen LogP contribution < -0.4 is 5.32 Å². The number of anilines is 1. The number of nitrogens with zero attached hydrogens (tertiary/aromatic N) is 2. The molecule has 1 aliphatic rings. The predicted octanol–water partition coefficient (Wildman–Crippen LogP) is 3.08. The van der Waals surface area contributed by atoms with Crippen LogP contribution in [0.1, 0.15) is 12.8 Å². The second kappa shape index (κ2) is 5.67. The molecule has 6 nitrogen and oxygen atoms in total. The molecule has 0 amide bonds. The Morgan fingerprint density at radius 2 is 2.05 bits per heavy atom. The van der Waals surface area contributed by atoms with E-state index in [4.69, 9.17) is 17.5 Å². The van der Waals surface area contributed by atoms with Crippen molar-refractivity contribution in [1.82, 2.24) is 0 Å². The molecular weight excluding hydrogens is 278 g/mol. The van der Waals surface area contributed by atoms with E-state index in [1.807, 2.05) is 6.07 Å². The molecule has 102 valence electrons. The van der Waals surface area contributed by atoms with Gasteiger partial charge in [0, 0.05) is 23.7 Å². The average molecular weight is 289 g/mol. The molecule has 0 atom stereocenters. The third-order valence-electron chi connectivity index (χ3n) is 2.90. The van der Waals surface area contributed by atoms with Gasteiger partial charge < -0.3 is 10.4 Å². The van der Waals surface area contributed by atoms with Crippen LogP contribution in [-0.2, 0) is 0 Å². The summed E-state index contributed by atoms with van der Waals surface area (Å²) in [5.41, 5.74) is 0.552. The summed E-state index contributed by atoms with van der Waals surface area (Å²) in [7, 11) is 0. The largest absolute Gasteiger partial charge is 0.511 e. The summed E-state index contributed by atoms with van der Waals surface area (Å²) >= 11 is 5.08. The van der Waals surface area contributed by atoms with Gasteiger partial charge in [-0.15, -0.1) is 0 Å². The van der Waals surface area contributed by atoms with Gasteiger partial charge >= 0.3 is 0 Å². The fraction of sp³-hybridized carbons (Fsp3) is 0.231. The smallest absolute Gasteiger partial charge is 0.269 e. The molecule has 0 heterocycles. The van der Waals surface area contributed by atoms with E-state index in [-0.39, 0.29) is 27.9 Å². The first-order valence-electron chi connectivity index (χ1n) is 5.92. The van der Waals surface area contributed by atoms with E-state index in [0.717, 1.165) is 12.8 Å². The Balaban J connectivity index is 2.13. The lowest BCUT2D eigenvalue weighted by Crippen LogP contribution is -2.13. The minimum Gasteiger partial charge on any atom is -0.511 e. The first kappa shape index (κ1) is 14.0. The van der Waals surface area contributed by atoms with E-state index >= 15 is 0 Å². The molecule has 0 aliphatic heterocycles. The molecule has 1 fully saturated rings. The first-order chi connectivity index (χ1) is 9.52. The highest BCUT2D eigenvalue weighted by atomic mass is 32.1. The van der Waals surface area contributed by atoms with Gasteiger partial charge in [0.25, 0.3) is 5.69 Å². The molecule has 7 heteroatoms. The van der Waals surface area contributed by atoms with Crippen LogP contribution in [0.2, 0.25) is 0 Å². The monoisotopic (exact) mass is 289 g/mol. The molecule has 2 N–H and O–H groups in total. The molecule has 1 aromatic carbocycles. The zero-order valence-electron chi connectivity index (χ0n) is 10.4. The molecule has 0 unspecified atom stereocenters.